The molecule has 0 aliphatic heterocycles. The third kappa shape index (κ3) is 4.70. The number of aromatic nitrogens is 3. The maximum atomic E-state index is 12.0. The van der Waals surface area contributed by atoms with Crippen LogP contribution in [0.4, 0.5) is 10.5 Å². The predicted octanol–water partition coefficient (Wildman–Crippen LogP) is 5.78. The number of fused-ring (bicyclic) bond motifs is 1. The SMILES string of the molecule is Cc1csc(-c2cnc3c(ccn3SI)c2N[C@H]2C[C@@H](NC(=O)OC(C)(C)C)C2)n1. The number of amides is 1. The van der Waals surface area contributed by atoms with Crippen LogP contribution in [-0.2, 0) is 4.74 Å². The molecule has 1 aliphatic carbocycles. The highest BCUT2D eigenvalue weighted by atomic mass is 127. The molecule has 0 unspecified atom stereocenters. The summed E-state index contributed by atoms with van der Waals surface area (Å²) >= 11 is 3.88. The Labute approximate surface area is 196 Å². The van der Waals surface area contributed by atoms with Crippen molar-refractivity contribution in [1.82, 2.24) is 19.3 Å². The van der Waals surface area contributed by atoms with Crippen molar-refractivity contribution in [1.29, 1.82) is 0 Å². The number of nitrogens with one attached hydrogen (secondary N) is 2. The molecule has 0 aromatic carbocycles. The summed E-state index contributed by atoms with van der Waals surface area (Å²) in [5, 5.41) is 10.7. The van der Waals surface area contributed by atoms with E-state index >= 15 is 0 Å². The molecule has 30 heavy (non-hydrogen) atoms. The van der Waals surface area contributed by atoms with E-state index in [4.69, 9.17) is 4.74 Å². The summed E-state index contributed by atoms with van der Waals surface area (Å²) in [4.78, 5) is 21.4. The van der Waals surface area contributed by atoms with Gasteiger partial charge in [0.05, 0.1) is 11.3 Å². The first-order chi connectivity index (χ1) is 14.2. The van der Waals surface area contributed by atoms with Crippen LogP contribution in [0.5, 0.6) is 0 Å². The molecule has 2 N–H and O–H groups in total. The number of halogens is 1. The lowest BCUT2D eigenvalue weighted by atomic mass is 9.86. The van der Waals surface area contributed by atoms with Gasteiger partial charge in [0, 0.05) is 71.3 Å². The van der Waals surface area contributed by atoms with Crippen molar-refractivity contribution in [3.63, 3.8) is 0 Å². The molecule has 0 radical (unpaired) electrons. The molecule has 1 saturated carbocycles. The predicted molar refractivity (Wildman–Crippen MR) is 132 cm³/mol. The number of carbonyl (C=O) groups excluding carboxylic acids is 1. The minimum atomic E-state index is -0.487. The second kappa shape index (κ2) is 8.54. The second-order valence-corrected chi connectivity index (χ2v) is 11.0. The molecule has 7 nitrogen and oxygen atoms in total. The number of hydrogen-bond acceptors (Lipinski definition) is 7. The van der Waals surface area contributed by atoms with Gasteiger partial charge in [0.1, 0.15) is 10.6 Å². The Bertz CT molecular complexity index is 1070. The molecule has 3 aromatic rings. The smallest absolute Gasteiger partial charge is 0.407 e. The Morgan fingerprint density at radius 3 is 2.77 bits per heavy atom. The van der Waals surface area contributed by atoms with E-state index in [1.807, 2.05) is 44.1 Å². The summed E-state index contributed by atoms with van der Waals surface area (Å²) in [5.41, 5.74) is 3.52. The number of hydrogen-bond donors (Lipinski definition) is 2. The largest absolute Gasteiger partial charge is 0.444 e. The number of alkyl carbamates (subject to hydrolysis) is 1. The molecule has 0 spiro atoms. The Morgan fingerprint density at radius 2 is 2.13 bits per heavy atom. The van der Waals surface area contributed by atoms with Gasteiger partial charge in [-0.15, -0.1) is 11.3 Å². The highest BCUT2D eigenvalue weighted by Crippen LogP contribution is 2.39. The number of nitrogens with zero attached hydrogens (tertiary/aromatic N) is 3. The molecule has 1 fully saturated rings. The molecule has 10 heteroatoms. The summed E-state index contributed by atoms with van der Waals surface area (Å²) in [6.07, 6.45) is 5.28. The molecule has 1 amide bonds. The van der Waals surface area contributed by atoms with Crippen LogP contribution >= 0.6 is 41.7 Å². The van der Waals surface area contributed by atoms with Crippen molar-refractivity contribution in [2.24, 2.45) is 0 Å². The van der Waals surface area contributed by atoms with E-state index in [1.54, 1.807) is 20.5 Å². The number of aryl methyl sites for hydroxylation is 1. The normalized spacial score (nSPS) is 18.8. The molecule has 0 saturated heterocycles. The van der Waals surface area contributed by atoms with Gasteiger partial charge >= 0.3 is 6.09 Å². The van der Waals surface area contributed by atoms with Gasteiger partial charge in [-0.3, -0.25) is 3.97 Å². The third-order valence-corrected chi connectivity index (χ3v) is 7.52. The lowest BCUT2D eigenvalue weighted by Crippen LogP contribution is -2.50. The fourth-order valence-electron chi connectivity index (χ4n) is 3.45. The standard InChI is InChI=1S/C20H24IN5O2S2/c1-11-10-29-18(23-11)15-9-22-17-14(5-6-26(17)30-21)16(15)24-12-7-13(8-12)25-19(27)28-20(2,3)4/h5-6,9-10,12-13H,7-8H2,1-4H3,(H,22,24)(H,25,27)/t12-,13+. The van der Waals surface area contributed by atoms with Crippen molar-refractivity contribution in [3.05, 3.63) is 29.5 Å². The van der Waals surface area contributed by atoms with Gasteiger partial charge in [0.15, 0.2) is 5.65 Å². The molecule has 0 atom stereocenters. The second-order valence-electron chi connectivity index (χ2n) is 8.44. The molecule has 3 aromatic heterocycles. The molecule has 4 rings (SSSR count). The van der Waals surface area contributed by atoms with Gasteiger partial charge in [0.2, 0.25) is 0 Å². The van der Waals surface area contributed by atoms with Crippen LogP contribution in [0.2, 0.25) is 0 Å². The molecule has 160 valence electrons. The summed E-state index contributed by atoms with van der Waals surface area (Å²) < 4.78 is 7.41. The Kier molecular flexibility index (Phi) is 6.18. The van der Waals surface area contributed by atoms with Crippen LogP contribution in [0.25, 0.3) is 21.6 Å². The number of anilines is 1. The minimum Gasteiger partial charge on any atom is -0.444 e. The summed E-state index contributed by atoms with van der Waals surface area (Å²) in [5.74, 6) is 0. The average molecular weight is 557 g/mol. The van der Waals surface area contributed by atoms with E-state index in [-0.39, 0.29) is 18.2 Å². The fraction of sp³-hybridized carbons (Fsp3) is 0.450. The fourth-order valence-corrected chi connectivity index (χ4v) is 5.53. The van der Waals surface area contributed by atoms with Crippen molar-refractivity contribution >= 4 is 64.5 Å². The monoisotopic (exact) mass is 557 g/mol. The van der Waals surface area contributed by atoms with E-state index in [2.05, 4.69) is 53.3 Å². The van der Waals surface area contributed by atoms with Crippen LogP contribution in [0.15, 0.2) is 23.8 Å². The van der Waals surface area contributed by atoms with E-state index in [1.165, 1.54) is 0 Å². The zero-order chi connectivity index (χ0) is 21.5. The van der Waals surface area contributed by atoms with E-state index in [9.17, 15) is 4.79 Å². The number of thiazole rings is 1. The molecule has 1 aliphatic rings. The highest BCUT2D eigenvalue weighted by Gasteiger charge is 2.32. The quantitative estimate of drug-likeness (QED) is 0.387. The van der Waals surface area contributed by atoms with Crippen molar-refractivity contribution in [2.75, 3.05) is 5.32 Å². The number of ether oxygens (including phenoxy) is 1. The first kappa shape index (κ1) is 21.7. The Morgan fingerprint density at radius 1 is 1.37 bits per heavy atom. The number of pyridine rings is 1. The molecular weight excluding hydrogens is 533 g/mol. The highest BCUT2D eigenvalue weighted by molar-refractivity contribution is 14.2. The summed E-state index contributed by atoms with van der Waals surface area (Å²) in [7, 11) is 1.59. The molecule has 3 heterocycles. The zero-order valence-electron chi connectivity index (χ0n) is 17.2. The first-order valence-electron chi connectivity index (χ1n) is 9.71. The summed E-state index contributed by atoms with van der Waals surface area (Å²) in [6, 6.07) is 2.48. The molecular formula is C20H24IN5O2S2. The van der Waals surface area contributed by atoms with Crippen LogP contribution in [-0.4, -0.2) is 37.7 Å². The topological polar surface area (TPSA) is 81.1 Å². The van der Waals surface area contributed by atoms with Crippen LogP contribution < -0.4 is 10.6 Å². The van der Waals surface area contributed by atoms with Gasteiger partial charge in [-0.1, -0.05) is 0 Å². The van der Waals surface area contributed by atoms with Gasteiger partial charge in [0.25, 0.3) is 0 Å². The zero-order valence-corrected chi connectivity index (χ0v) is 21.0. The Balaban J connectivity index is 1.52. The van der Waals surface area contributed by atoms with E-state index in [0.29, 0.717) is 0 Å². The van der Waals surface area contributed by atoms with E-state index in [0.717, 1.165) is 45.8 Å². The Hall–Kier alpha value is -1.53. The van der Waals surface area contributed by atoms with Gasteiger partial charge in [-0.05, 0) is 46.6 Å². The van der Waals surface area contributed by atoms with Crippen molar-refractivity contribution in [3.8, 4) is 10.6 Å². The van der Waals surface area contributed by atoms with Crippen molar-refractivity contribution < 1.29 is 9.53 Å². The van der Waals surface area contributed by atoms with E-state index < -0.39 is 5.60 Å². The first-order valence-corrected chi connectivity index (χ1v) is 13.9. The average Bonchev–Trinajstić information content (AvgIpc) is 3.24. The van der Waals surface area contributed by atoms with Gasteiger partial charge < -0.3 is 15.4 Å². The maximum absolute atomic E-state index is 12.0. The molecule has 0 bridgehead atoms. The number of carbonyl (C=O) groups is 1. The third-order valence-electron chi connectivity index (χ3n) is 4.81. The van der Waals surface area contributed by atoms with Gasteiger partial charge in [-0.2, -0.15) is 0 Å². The van der Waals surface area contributed by atoms with Crippen LogP contribution in [0.3, 0.4) is 0 Å². The van der Waals surface area contributed by atoms with Crippen LogP contribution in [0, 0.1) is 6.92 Å². The van der Waals surface area contributed by atoms with Crippen molar-refractivity contribution in [2.45, 2.75) is 58.2 Å². The lowest BCUT2D eigenvalue weighted by Gasteiger charge is -2.37. The summed E-state index contributed by atoms with van der Waals surface area (Å²) in [6.45, 7) is 7.61. The maximum Gasteiger partial charge on any atom is 0.407 e. The number of rotatable bonds is 5. The van der Waals surface area contributed by atoms with Crippen LogP contribution in [0.1, 0.15) is 39.3 Å². The lowest BCUT2D eigenvalue weighted by molar-refractivity contribution is 0.0475. The minimum absolute atomic E-state index is 0.120. The van der Waals surface area contributed by atoms with Gasteiger partial charge in [-0.25, -0.2) is 14.8 Å².